The number of hydrogen-bond acceptors (Lipinski definition) is 6. The Labute approximate surface area is 234 Å². The lowest BCUT2D eigenvalue weighted by atomic mass is 10.1. The number of fused-ring (bicyclic) bond motifs is 1. The molecule has 0 fully saturated rings. The predicted octanol–water partition coefficient (Wildman–Crippen LogP) is 3.16. The molecule has 3 rings (SSSR count). The van der Waals surface area contributed by atoms with E-state index in [1.165, 1.54) is 0 Å². The third-order valence-corrected chi connectivity index (χ3v) is 6.79. The number of hydrogen-bond donors (Lipinski definition) is 2. The number of nitrogens with zero attached hydrogens (tertiary/aromatic N) is 3. The second kappa shape index (κ2) is 14.7. The van der Waals surface area contributed by atoms with Crippen molar-refractivity contribution in [1.82, 2.24) is 15.1 Å². The molecule has 0 radical (unpaired) electrons. The van der Waals surface area contributed by atoms with E-state index in [0.717, 1.165) is 5.56 Å². The van der Waals surface area contributed by atoms with Crippen LogP contribution in [0.2, 0.25) is 5.02 Å². The van der Waals surface area contributed by atoms with Gasteiger partial charge in [-0.25, -0.2) is 4.79 Å². The van der Waals surface area contributed by atoms with E-state index in [1.807, 2.05) is 45.0 Å². The van der Waals surface area contributed by atoms with Gasteiger partial charge < -0.3 is 34.6 Å². The number of halogens is 1. The number of benzene rings is 2. The normalized spacial score (nSPS) is 14.8. The SMILES string of the molecule is CCOCCN(CC)C(=O)CNC(=O)N1Cc2ccccc2N(C(=O)c2ccc(OCCO)cc2Cl)C[C@H]1C. The Hall–Kier alpha value is -3.34. The van der Waals surface area contributed by atoms with Gasteiger partial charge in [-0.2, -0.15) is 0 Å². The summed E-state index contributed by atoms with van der Waals surface area (Å²) in [6.07, 6.45) is 0. The molecule has 1 aliphatic rings. The quantitative estimate of drug-likeness (QED) is 0.408. The van der Waals surface area contributed by atoms with E-state index in [0.29, 0.717) is 43.3 Å². The van der Waals surface area contributed by atoms with Gasteiger partial charge in [-0.3, -0.25) is 9.59 Å². The van der Waals surface area contributed by atoms with E-state index in [1.54, 1.807) is 32.9 Å². The molecule has 212 valence electrons. The highest BCUT2D eigenvalue weighted by atomic mass is 35.5. The molecule has 0 spiro atoms. The summed E-state index contributed by atoms with van der Waals surface area (Å²) in [6, 6.07) is 11.4. The molecular formula is C28H37ClN4O6. The highest BCUT2D eigenvalue weighted by Gasteiger charge is 2.32. The zero-order valence-electron chi connectivity index (χ0n) is 22.7. The van der Waals surface area contributed by atoms with Crippen LogP contribution in [0, 0.1) is 0 Å². The number of carbonyl (C=O) groups excluding carboxylic acids is 3. The number of rotatable bonds is 11. The van der Waals surface area contributed by atoms with Gasteiger partial charge in [0.05, 0.1) is 30.3 Å². The molecule has 1 heterocycles. The van der Waals surface area contributed by atoms with Crippen LogP contribution in [0.5, 0.6) is 5.75 Å². The summed E-state index contributed by atoms with van der Waals surface area (Å²) in [7, 11) is 0. The average molecular weight is 561 g/mol. The predicted molar refractivity (Wildman–Crippen MR) is 149 cm³/mol. The Morgan fingerprint density at radius 3 is 2.62 bits per heavy atom. The summed E-state index contributed by atoms with van der Waals surface area (Å²) in [5, 5.41) is 12.0. The first-order valence-electron chi connectivity index (χ1n) is 13.1. The van der Waals surface area contributed by atoms with Crippen molar-refractivity contribution >= 4 is 35.1 Å². The van der Waals surface area contributed by atoms with E-state index in [-0.39, 0.29) is 61.8 Å². The molecule has 0 aliphatic carbocycles. The minimum atomic E-state index is -0.385. The fraction of sp³-hybridized carbons (Fsp3) is 0.464. The van der Waals surface area contributed by atoms with Crippen molar-refractivity contribution in [1.29, 1.82) is 0 Å². The maximum atomic E-state index is 13.7. The standard InChI is InChI=1S/C28H37ClN4O6/c1-4-31(12-14-38-5-2)26(35)17-30-28(37)32-19-21-8-6-7-9-25(21)33(18-20(32)3)27(36)23-11-10-22(16-24(23)29)39-15-13-34/h6-11,16,20,34H,4-5,12-15,17-19H2,1-3H3,(H,30,37)/t20-/m1/s1. The largest absolute Gasteiger partial charge is 0.491 e. The van der Waals surface area contributed by atoms with Crippen LogP contribution in [-0.2, 0) is 16.1 Å². The third kappa shape index (κ3) is 7.84. The molecule has 2 N–H and O–H groups in total. The average Bonchev–Trinajstić information content (AvgIpc) is 3.09. The highest BCUT2D eigenvalue weighted by Crippen LogP contribution is 2.31. The maximum absolute atomic E-state index is 13.7. The van der Waals surface area contributed by atoms with Crippen LogP contribution in [0.25, 0.3) is 0 Å². The van der Waals surface area contributed by atoms with E-state index >= 15 is 0 Å². The zero-order chi connectivity index (χ0) is 28.4. The van der Waals surface area contributed by atoms with Gasteiger partial charge in [-0.15, -0.1) is 0 Å². The van der Waals surface area contributed by atoms with Crippen molar-refractivity contribution in [3.63, 3.8) is 0 Å². The molecule has 10 nitrogen and oxygen atoms in total. The van der Waals surface area contributed by atoms with Crippen molar-refractivity contribution in [2.75, 3.05) is 57.5 Å². The van der Waals surface area contributed by atoms with Crippen molar-refractivity contribution in [3.8, 4) is 5.75 Å². The van der Waals surface area contributed by atoms with Gasteiger partial charge in [-0.1, -0.05) is 29.8 Å². The van der Waals surface area contributed by atoms with E-state index < -0.39 is 0 Å². The molecular weight excluding hydrogens is 524 g/mol. The Morgan fingerprint density at radius 2 is 1.92 bits per heavy atom. The summed E-state index contributed by atoms with van der Waals surface area (Å²) in [6.45, 7) is 7.98. The first-order chi connectivity index (χ1) is 18.8. The van der Waals surface area contributed by atoms with Gasteiger partial charge in [0.25, 0.3) is 5.91 Å². The first kappa shape index (κ1) is 30.2. The molecule has 2 aromatic rings. The topological polar surface area (TPSA) is 112 Å². The maximum Gasteiger partial charge on any atom is 0.318 e. The van der Waals surface area contributed by atoms with Crippen LogP contribution in [0.1, 0.15) is 36.7 Å². The summed E-state index contributed by atoms with van der Waals surface area (Å²) < 4.78 is 10.7. The van der Waals surface area contributed by atoms with Crippen molar-refractivity contribution < 1.29 is 29.0 Å². The van der Waals surface area contributed by atoms with Crippen LogP contribution in [0.4, 0.5) is 10.5 Å². The molecule has 0 aromatic heterocycles. The van der Waals surface area contributed by atoms with Crippen LogP contribution >= 0.6 is 11.6 Å². The minimum Gasteiger partial charge on any atom is -0.491 e. The number of aliphatic hydroxyl groups is 1. The number of urea groups is 1. The number of ether oxygens (including phenoxy) is 2. The van der Waals surface area contributed by atoms with E-state index in [9.17, 15) is 14.4 Å². The molecule has 2 aromatic carbocycles. The molecule has 0 saturated heterocycles. The monoisotopic (exact) mass is 560 g/mol. The minimum absolute atomic E-state index is 0.119. The third-order valence-electron chi connectivity index (χ3n) is 6.47. The lowest BCUT2D eigenvalue weighted by molar-refractivity contribution is -0.130. The highest BCUT2D eigenvalue weighted by molar-refractivity contribution is 6.34. The van der Waals surface area contributed by atoms with Crippen LogP contribution < -0.4 is 15.0 Å². The molecule has 4 amide bonds. The van der Waals surface area contributed by atoms with Gasteiger partial charge >= 0.3 is 6.03 Å². The van der Waals surface area contributed by atoms with E-state index in [4.69, 9.17) is 26.2 Å². The lowest BCUT2D eigenvalue weighted by Gasteiger charge is -2.30. The number of amides is 4. The lowest BCUT2D eigenvalue weighted by Crippen LogP contribution is -2.50. The fourth-order valence-electron chi connectivity index (χ4n) is 4.38. The van der Waals surface area contributed by atoms with Crippen molar-refractivity contribution in [2.45, 2.75) is 33.4 Å². The number of nitrogens with one attached hydrogen (secondary N) is 1. The summed E-state index contributed by atoms with van der Waals surface area (Å²) in [5.41, 5.74) is 1.78. The van der Waals surface area contributed by atoms with Gasteiger partial charge in [0.15, 0.2) is 0 Å². The van der Waals surface area contributed by atoms with Gasteiger partial charge in [0.1, 0.15) is 12.4 Å². The zero-order valence-corrected chi connectivity index (χ0v) is 23.4. The molecule has 0 saturated carbocycles. The Kier molecular flexibility index (Phi) is 11.4. The second-order valence-electron chi connectivity index (χ2n) is 9.06. The van der Waals surface area contributed by atoms with Crippen LogP contribution in [-0.4, -0.2) is 91.4 Å². The smallest absolute Gasteiger partial charge is 0.318 e. The van der Waals surface area contributed by atoms with Gasteiger partial charge in [0.2, 0.25) is 5.91 Å². The number of anilines is 1. The summed E-state index contributed by atoms with van der Waals surface area (Å²) >= 11 is 6.45. The Balaban J connectivity index is 1.75. The fourth-order valence-corrected chi connectivity index (χ4v) is 4.63. The molecule has 0 unspecified atom stereocenters. The summed E-state index contributed by atoms with van der Waals surface area (Å²) in [5.74, 6) is -0.0447. The van der Waals surface area contributed by atoms with Gasteiger partial charge in [0, 0.05) is 44.5 Å². The number of likely N-dealkylation sites (N-methyl/N-ethyl adjacent to an activating group) is 1. The second-order valence-corrected chi connectivity index (χ2v) is 9.47. The van der Waals surface area contributed by atoms with Crippen molar-refractivity contribution in [3.05, 3.63) is 58.6 Å². The van der Waals surface area contributed by atoms with Crippen LogP contribution in [0.3, 0.4) is 0 Å². The number of para-hydroxylation sites is 1. The van der Waals surface area contributed by atoms with Gasteiger partial charge in [-0.05, 0) is 50.6 Å². The van der Waals surface area contributed by atoms with E-state index in [2.05, 4.69) is 5.32 Å². The summed E-state index contributed by atoms with van der Waals surface area (Å²) in [4.78, 5) is 44.5. The Bertz CT molecular complexity index is 1150. The van der Waals surface area contributed by atoms with Crippen LogP contribution in [0.15, 0.2) is 42.5 Å². The molecule has 0 bridgehead atoms. The Morgan fingerprint density at radius 1 is 1.15 bits per heavy atom. The molecule has 1 aliphatic heterocycles. The molecule has 11 heteroatoms. The number of aliphatic hydroxyl groups excluding tert-OH is 1. The first-order valence-corrected chi connectivity index (χ1v) is 13.5. The van der Waals surface area contributed by atoms with Crippen molar-refractivity contribution in [2.24, 2.45) is 0 Å². The molecule has 39 heavy (non-hydrogen) atoms. The number of carbonyl (C=O) groups is 3. The molecule has 1 atom stereocenters.